The number of hydrogen-bond donors (Lipinski definition) is 2. The molecule has 0 bridgehead atoms. The second-order valence-electron chi connectivity index (χ2n) is 10.3. The molecule has 0 spiro atoms. The minimum atomic E-state index is -0.0499. The first-order valence-electron chi connectivity index (χ1n) is 13.7. The van der Waals surface area contributed by atoms with Crippen molar-refractivity contribution in [3.63, 3.8) is 0 Å². The Morgan fingerprint density at radius 2 is 2.00 bits per heavy atom. The van der Waals surface area contributed by atoms with Crippen molar-refractivity contribution in [3.05, 3.63) is 48.0 Å². The molecule has 2 fully saturated rings. The van der Waals surface area contributed by atoms with E-state index in [0.29, 0.717) is 32.2 Å². The van der Waals surface area contributed by atoms with Gasteiger partial charge in [0.25, 0.3) is 0 Å². The number of nitrogens with one attached hydrogen (secondary N) is 1. The zero-order valence-corrected chi connectivity index (χ0v) is 21.8. The van der Waals surface area contributed by atoms with Crippen molar-refractivity contribution in [2.45, 2.75) is 76.4 Å². The smallest absolute Gasteiger partial charge is 0.317 e. The average Bonchev–Trinajstić information content (AvgIpc) is 2.90. The van der Waals surface area contributed by atoms with E-state index in [1.807, 2.05) is 11.0 Å². The van der Waals surface area contributed by atoms with Gasteiger partial charge in [0.05, 0.1) is 6.10 Å². The lowest BCUT2D eigenvalue weighted by atomic mass is 9.84. The van der Waals surface area contributed by atoms with E-state index >= 15 is 0 Å². The zero-order valence-electron chi connectivity index (χ0n) is 21.8. The van der Waals surface area contributed by atoms with Crippen LogP contribution in [0.2, 0.25) is 0 Å². The number of methoxy groups -OCH3 is 1. The van der Waals surface area contributed by atoms with Gasteiger partial charge in [-0.2, -0.15) is 0 Å². The molecule has 1 aromatic rings. The molecule has 1 saturated carbocycles. The van der Waals surface area contributed by atoms with Crippen LogP contribution in [0.15, 0.2) is 36.9 Å². The summed E-state index contributed by atoms with van der Waals surface area (Å²) in [7, 11) is 1.72. The van der Waals surface area contributed by atoms with E-state index in [4.69, 9.17) is 15.2 Å². The lowest BCUT2D eigenvalue weighted by Gasteiger charge is -2.38. The highest BCUT2D eigenvalue weighted by atomic mass is 16.5. The summed E-state index contributed by atoms with van der Waals surface area (Å²) in [5.41, 5.74) is 8.54. The maximum absolute atomic E-state index is 13.3. The van der Waals surface area contributed by atoms with E-state index in [2.05, 4.69) is 36.2 Å². The van der Waals surface area contributed by atoms with E-state index < -0.39 is 0 Å². The summed E-state index contributed by atoms with van der Waals surface area (Å²) >= 11 is 0. The monoisotopic (exact) mass is 485 g/mol. The molecule has 3 atom stereocenters. The van der Waals surface area contributed by atoms with Crippen LogP contribution in [0.5, 0.6) is 0 Å². The quantitative estimate of drug-likeness (QED) is 0.296. The maximum atomic E-state index is 13.3. The summed E-state index contributed by atoms with van der Waals surface area (Å²) in [6.45, 7) is 7.24. The first-order valence-corrected chi connectivity index (χ1v) is 13.7. The van der Waals surface area contributed by atoms with Gasteiger partial charge in [-0.3, -0.25) is 0 Å². The Balaban J connectivity index is 1.66. The van der Waals surface area contributed by atoms with Crippen LogP contribution in [-0.2, 0) is 15.9 Å². The fourth-order valence-corrected chi connectivity index (χ4v) is 5.79. The van der Waals surface area contributed by atoms with E-state index in [9.17, 15) is 4.79 Å². The largest absolute Gasteiger partial charge is 0.385 e. The average molecular weight is 486 g/mol. The lowest BCUT2D eigenvalue weighted by Crippen LogP contribution is -2.51. The topological polar surface area (TPSA) is 76.8 Å². The molecule has 1 heterocycles. The molecular weight excluding hydrogens is 438 g/mol. The van der Waals surface area contributed by atoms with Gasteiger partial charge in [-0.1, -0.05) is 62.4 Å². The van der Waals surface area contributed by atoms with Gasteiger partial charge in [0.1, 0.15) is 0 Å². The molecule has 6 nitrogen and oxygen atoms in total. The molecule has 0 radical (unpaired) electrons. The van der Waals surface area contributed by atoms with Gasteiger partial charge >= 0.3 is 6.03 Å². The Morgan fingerprint density at radius 1 is 1.20 bits per heavy atom. The predicted octanol–water partition coefficient (Wildman–Crippen LogP) is 5.23. The molecule has 2 amide bonds. The number of allylic oxidation sites excluding steroid dienone is 1. The second-order valence-corrected chi connectivity index (χ2v) is 10.3. The molecule has 196 valence electrons. The van der Waals surface area contributed by atoms with E-state index in [1.54, 1.807) is 7.11 Å². The van der Waals surface area contributed by atoms with Crippen LogP contribution < -0.4 is 11.1 Å². The zero-order chi connectivity index (χ0) is 24.9. The number of urea groups is 1. The van der Waals surface area contributed by atoms with Crippen molar-refractivity contribution in [1.29, 1.82) is 0 Å². The van der Waals surface area contributed by atoms with Crippen molar-refractivity contribution >= 4 is 6.03 Å². The van der Waals surface area contributed by atoms with Crippen molar-refractivity contribution in [1.82, 2.24) is 10.2 Å². The van der Waals surface area contributed by atoms with Gasteiger partial charge in [0, 0.05) is 51.9 Å². The maximum Gasteiger partial charge on any atom is 0.317 e. The molecule has 6 heteroatoms. The highest BCUT2D eigenvalue weighted by molar-refractivity contribution is 5.74. The number of nitrogens with two attached hydrogens (primary N) is 1. The molecule has 1 aliphatic carbocycles. The fourth-order valence-electron chi connectivity index (χ4n) is 5.79. The van der Waals surface area contributed by atoms with Crippen LogP contribution in [-0.4, -0.2) is 56.9 Å². The third-order valence-electron chi connectivity index (χ3n) is 7.64. The number of rotatable bonds is 13. The number of ether oxygens (including phenoxy) is 2. The minimum Gasteiger partial charge on any atom is -0.385 e. The Labute approximate surface area is 212 Å². The first kappa shape index (κ1) is 27.7. The fraction of sp³-hybridized carbons (Fsp3) is 0.690. The Hall–Kier alpha value is -1.89. The highest BCUT2D eigenvalue weighted by Gasteiger charge is 2.33. The molecule has 0 aromatic heterocycles. The van der Waals surface area contributed by atoms with E-state index in [0.717, 1.165) is 38.6 Å². The molecule has 3 rings (SSSR count). The van der Waals surface area contributed by atoms with E-state index in [1.165, 1.54) is 43.2 Å². The minimum absolute atomic E-state index is 0.0264. The molecule has 1 aliphatic heterocycles. The number of carbonyl (C=O) groups excluding carboxylic acids is 1. The van der Waals surface area contributed by atoms with Crippen LogP contribution in [0.1, 0.15) is 75.0 Å². The van der Waals surface area contributed by atoms with Gasteiger partial charge in [-0.25, -0.2) is 4.79 Å². The van der Waals surface area contributed by atoms with Crippen molar-refractivity contribution < 1.29 is 14.3 Å². The normalized spacial score (nSPS) is 20.9. The third kappa shape index (κ3) is 8.62. The summed E-state index contributed by atoms with van der Waals surface area (Å²) in [5, 5.41) is 3.27. The van der Waals surface area contributed by atoms with Gasteiger partial charge < -0.3 is 25.4 Å². The van der Waals surface area contributed by atoms with Gasteiger partial charge in [-0.05, 0) is 49.1 Å². The summed E-state index contributed by atoms with van der Waals surface area (Å²) < 4.78 is 11.7. The summed E-state index contributed by atoms with van der Waals surface area (Å²) in [5.74, 6) is 0.940. The molecule has 1 unspecified atom stereocenters. The summed E-state index contributed by atoms with van der Waals surface area (Å²) in [6.07, 6.45) is 13.1. The number of benzene rings is 1. The van der Waals surface area contributed by atoms with Gasteiger partial charge in [-0.15, -0.1) is 6.58 Å². The first-order chi connectivity index (χ1) is 17.2. The molecule has 3 N–H and O–H groups in total. The van der Waals surface area contributed by atoms with Gasteiger partial charge in [0.2, 0.25) is 0 Å². The van der Waals surface area contributed by atoms with Crippen LogP contribution in [0.4, 0.5) is 4.79 Å². The van der Waals surface area contributed by atoms with E-state index in [-0.39, 0.29) is 24.1 Å². The number of piperidine rings is 1. The Morgan fingerprint density at radius 3 is 2.74 bits per heavy atom. The third-order valence-corrected chi connectivity index (χ3v) is 7.64. The number of carbonyl (C=O) groups is 1. The van der Waals surface area contributed by atoms with Crippen molar-refractivity contribution in [2.75, 3.05) is 40.0 Å². The molecule has 1 saturated heterocycles. The molecule has 1 aromatic carbocycles. The van der Waals surface area contributed by atoms with Crippen LogP contribution >= 0.6 is 0 Å². The van der Waals surface area contributed by atoms with Crippen molar-refractivity contribution in [3.8, 4) is 0 Å². The second kappa shape index (κ2) is 15.3. The number of likely N-dealkylation sites (tertiary alicyclic amines) is 1. The number of hydrogen-bond acceptors (Lipinski definition) is 4. The standard InChI is InChI=1S/C29H47N3O3/c1-3-11-24-14-7-8-16-27(24)28(35-19-10-18-34-2)25-15-9-17-32(22-25)29(33)31-26(21-30)20-23-12-5-4-6-13-23/h3,7-8,14,16,23,25-26,28H,1,4-6,9-13,15,17-22,30H2,2H3,(H,31,33)/t25-,26+,28?/m1/s1. The lowest BCUT2D eigenvalue weighted by molar-refractivity contribution is -0.0171. The summed E-state index contributed by atoms with van der Waals surface area (Å²) in [6, 6.07) is 8.57. The van der Waals surface area contributed by atoms with Crippen LogP contribution in [0, 0.1) is 11.8 Å². The Bertz CT molecular complexity index is 765. The Kier molecular flexibility index (Phi) is 12.1. The highest BCUT2D eigenvalue weighted by Crippen LogP contribution is 2.35. The number of amides is 2. The SMILES string of the molecule is C=CCc1ccccc1C(OCCCOC)[C@@H]1CCCN(C(=O)N[C@H](CN)CC2CCCCC2)C1. The predicted molar refractivity (Wildman–Crippen MR) is 142 cm³/mol. The molecule has 2 aliphatic rings. The summed E-state index contributed by atoms with van der Waals surface area (Å²) in [4.78, 5) is 15.3. The van der Waals surface area contributed by atoms with Crippen LogP contribution in [0.3, 0.4) is 0 Å². The molecular formula is C29H47N3O3. The number of nitrogens with zero attached hydrogens (tertiary/aromatic N) is 1. The van der Waals surface area contributed by atoms with Crippen LogP contribution in [0.25, 0.3) is 0 Å². The van der Waals surface area contributed by atoms with Gasteiger partial charge in [0.15, 0.2) is 0 Å². The van der Waals surface area contributed by atoms with Crippen molar-refractivity contribution in [2.24, 2.45) is 17.6 Å². The molecule has 35 heavy (non-hydrogen) atoms.